The summed E-state index contributed by atoms with van der Waals surface area (Å²) in [6, 6.07) is 2.30. The maximum Gasteiger partial charge on any atom is 0.216 e. The minimum absolute atomic E-state index is 0.211. The number of hydrogen-bond acceptors (Lipinski definition) is 4. The predicted molar refractivity (Wildman–Crippen MR) is 87.3 cm³/mol. The zero-order chi connectivity index (χ0) is 16.4. The van der Waals surface area contributed by atoms with Gasteiger partial charge in [-0.3, -0.25) is 0 Å². The lowest BCUT2D eigenvalue weighted by atomic mass is 10.0. The summed E-state index contributed by atoms with van der Waals surface area (Å²) in [7, 11) is 3.61. The Morgan fingerprint density at radius 3 is 2.50 bits per heavy atom. The number of aryl methyl sites for hydroxylation is 3. The number of nitrogens with one attached hydrogen (secondary N) is 1. The Hall–Kier alpha value is -1.75. The molecule has 0 amide bonds. The molecule has 0 spiro atoms. The average Bonchev–Trinajstić information content (AvgIpc) is 2.95. The fraction of sp³-hybridized carbons (Fsp3) is 0.588. The quantitative estimate of drug-likeness (QED) is 0.885. The fourth-order valence-corrected chi connectivity index (χ4v) is 2.90. The fourth-order valence-electron chi connectivity index (χ4n) is 2.90. The van der Waals surface area contributed by atoms with Crippen LogP contribution in [0.25, 0.3) is 0 Å². The average molecular weight is 305 g/mol. The molecular weight excluding hydrogens is 278 g/mol. The van der Waals surface area contributed by atoms with Crippen molar-refractivity contribution < 1.29 is 9.15 Å². The molecule has 0 saturated heterocycles. The summed E-state index contributed by atoms with van der Waals surface area (Å²) in [6.07, 6.45) is 0. The first-order valence-corrected chi connectivity index (χ1v) is 7.75. The van der Waals surface area contributed by atoms with Crippen LogP contribution < -0.4 is 10.1 Å². The van der Waals surface area contributed by atoms with Crippen molar-refractivity contribution in [2.75, 3.05) is 7.11 Å². The lowest BCUT2D eigenvalue weighted by Crippen LogP contribution is -2.19. The highest BCUT2D eigenvalue weighted by atomic mass is 16.5. The highest BCUT2D eigenvalue weighted by molar-refractivity contribution is 5.34. The maximum absolute atomic E-state index is 5.62. The van der Waals surface area contributed by atoms with Crippen LogP contribution in [0.1, 0.15) is 61.1 Å². The first-order chi connectivity index (χ1) is 10.3. The third-order valence-electron chi connectivity index (χ3n) is 3.99. The summed E-state index contributed by atoms with van der Waals surface area (Å²) in [6.45, 7) is 11.1. The van der Waals surface area contributed by atoms with E-state index in [-0.39, 0.29) is 6.04 Å². The Bertz CT molecular complexity index is 641. The van der Waals surface area contributed by atoms with Gasteiger partial charge < -0.3 is 14.5 Å². The van der Waals surface area contributed by atoms with Gasteiger partial charge in [0.2, 0.25) is 5.88 Å². The van der Waals surface area contributed by atoms with Crippen molar-refractivity contribution in [1.82, 2.24) is 15.1 Å². The normalized spacial score (nSPS) is 12.9. The molecule has 5 heteroatoms. The van der Waals surface area contributed by atoms with E-state index in [4.69, 9.17) is 9.15 Å². The van der Waals surface area contributed by atoms with Crippen LogP contribution in [0.3, 0.4) is 0 Å². The van der Waals surface area contributed by atoms with Crippen LogP contribution in [0.15, 0.2) is 10.5 Å². The molecule has 2 aromatic rings. The number of rotatable bonds is 6. The maximum atomic E-state index is 5.62. The Morgan fingerprint density at radius 1 is 1.32 bits per heavy atom. The Morgan fingerprint density at radius 2 is 2.00 bits per heavy atom. The zero-order valence-electron chi connectivity index (χ0n) is 14.7. The third-order valence-corrected chi connectivity index (χ3v) is 3.99. The molecule has 0 fully saturated rings. The van der Waals surface area contributed by atoms with Crippen molar-refractivity contribution in [3.05, 3.63) is 34.4 Å². The van der Waals surface area contributed by atoms with Crippen molar-refractivity contribution in [3.8, 4) is 5.88 Å². The van der Waals surface area contributed by atoms with Crippen LogP contribution in [0.5, 0.6) is 5.88 Å². The number of nitrogens with zero attached hydrogens (tertiary/aromatic N) is 2. The van der Waals surface area contributed by atoms with Gasteiger partial charge in [0.25, 0.3) is 0 Å². The molecule has 0 aliphatic carbocycles. The van der Waals surface area contributed by atoms with Gasteiger partial charge in [0.05, 0.1) is 18.4 Å². The second-order valence-electron chi connectivity index (χ2n) is 6.12. The van der Waals surface area contributed by atoms with Gasteiger partial charge in [0.1, 0.15) is 11.5 Å². The number of methoxy groups -OCH3 is 1. The van der Waals surface area contributed by atoms with Crippen LogP contribution in [0.2, 0.25) is 0 Å². The van der Waals surface area contributed by atoms with E-state index in [1.807, 2.05) is 25.6 Å². The van der Waals surface area contributed by atoms with E-state index < -0.39 is 0 Å². The van der Waals surface area contributed by atoms with Gasteiger partial charge in [-0.25, -0.2) is 4.68 Å². The molecule has 0 unspecified atom stereocenters. The summed E-state index contributed by atoms with van der Waals surface area (Å²) in [5, 5.41) is 8.15. The molecule has 1 N–H and O–H groups in total. The van der Waals surface area contributed by atoms with Gasteiger partial charge in [-0.1, -0.05) is 13.8 Å². The molecule has 122 valence electrons. The SMILES string of the molecule is COc1c(CN[C@H](C)c2cc(C)oc2C)c(C(C)C)nn1C. The third kappa shape index (κ3) is 3.19. The lowest BCUT2D eigenvalue weighted by molar-refractivity contribution is 0.367. The smallest absolute Gasteiger partial charge is 0.216 e. The number of aromatic nitrogens is 2. The summed E-state index contributed by atoms with van der Waals surface area (Å²) < 4.78 is 12.9. The first-order valence-electron chi connectivity index (χ1n) is 7.75. The lowest BCUT2D eigenvalue weighted by Gasteiger charge is -2.14. The molecule has 5 nitrogen and oxygen atoms in total. The highest BCUT2D eigenvalue weighted by Gasteiger charge is 2.20. The molecule has 2 aromatic heterocycles. The Kier molecular flexibility index (Phi) is 4.96. The molecular formula is C17H27N3O2. The molecule has 0 bridgehead atoms. The van der Waals surface area contributed by atoms with Gasteiger partial charge in [-0.05, 0) is 32.8 Å². The van der Waals surface area contributed by atoms with E-state index in [9.17, 15) is 0 Å². The predicted octanol–water partition coefficient (Wildman–Crippen LogP) is 3.61. The van der Waals surface area contributed by atoms with Crippen LogP contribution in [-0.4, -0.2) is 16.9 Å². The summed E-state index contributed by atoms with van der Waals surface area (Å²) in [5.41, 5.74) is 3.41. The van der Waals surface area contributed by atoms with E-state index in [0.29, 0.717) is 5.92 Å². The molecule has 0 aromatic carbocycles. The number of hydrogen-bond donors (Lipinski definition) is 1. The van der Waals surface area contributed by atoms with E-state index in [1.165, 1.54) is 5.56 Å². The Balaban J connectivity index is 2.19. The second-order valence-corrected chi connectivity index (χ2v) is 6.12. The number of furan rings is 1. The summed E-state index contributed by atoms with van der Waals surface area (Å²) in [4.78, 5) is 0. The van der Waals surface area contributed by atoms with Crippen LogP contribution in [0, 0.1) is 13.8 Å². The van der Waals surface area contributed by atoms with Crippen molar-refractivity contribution in [1.29, 1.82) is 0 Å². The van der Waals surface area contributed by atoms with E-state index >= 15 is 0 Å². The summed E-state index contributed by atoms with van der Waals surface area (Å²) in [5.74, 6) is 3.10. The van der Waals surface area contributed by atoms with Gasteiger partial charge in [0.15, 0.2) is 0 Å². The molecule has 1 atom stereocenters. The molecule has 2 heterocycles. The van der Waals surface area contributed by atoms with E-state index in [2.05, 4.69) is 37.3 Å². The number of ether oxygens (including phenoxy) is 1. The van der Waals surface area contributed by atoms with E-state index in [0.717, 1.165) is 35.2 Å². The zero-order valence-corrected chi connectivity index (χ0v) is 14.7. The van der Waals surface area contributed by atoms with Crippen LogP contribution >= 0.6 is 0 Å². The first kappa shape index (κ1) is 16.6. The van der Waals surface area contributed by atoms with Crippen molar-refractivity contribution in [2.45, 2.75) is 53.1 Å². The van der Waals surface area contributed by atoms with Gasteiger partial charge in [-0.2, -0.15) is 5.10 Å². The van der Waals surface area contributed by atoms with Gasteiger partial charge >= 0.3 is 0 Å². The van der Waals surface area contributed by atoms with Crippen molar-refractivity contribution in [3.63, 3.8) is 0 Å². The molecule has 0 saturated carbocycles. The van der Waals surface area contributed by atoms with Crippen LogP contribution in [0.4, 0.5) is 0 Å². The minimum Gasteiger partial charge on any atom is -0.481 e. The van der Waals surface area contributed by atoms with E-state index in [1.54, 1.807) is 7.11 Å². The molecule has 2 rings (SSSR count). The van der Waals surface area contributed by atoms with Crippen LogP contribution in [-0.2, 0) is 13.6 Å². The molecule has 0 radical (unpaired) electrons. The van der Waals surface area contributed by atoms with Gasteiger partial charge in [0, 0.05) is 25.2 Å². The topological polar surface area (TPSA) is 52.2 Å². The standard InChI is InChI=1S/C17H27N3O2/c1-10(2)16-15(17(21-7)20(6)19-16)9-18-12(4)14-8-11(3)22-13(14)5/h8,10,12,18H,9H2,1-7H3/t12-/m1/s1. The second kappa shape index (κ2) is 6.57. The largest absolute Gasteiger partial charge is 0.481 e. The van der Waals surface area contributed by atoms with Crippen molar-refractivity contribution >= 4 is 0 Å². The molecule has 0 aliphatic rings. The molecule has 22 heavy (non-hydrogen) atoms. The monoisotopic (exact) mass is 305 g/mol. The van der Waals surface area contributed by atoms with Crippen molar-refractivity contribution in [2.24, 2.45) is 7.05 Å². The highest BCUT2D eigenvalue weighted by Crippen LogP contribution is 2.28. The Labute approximate surface area is 132 Å². The molecule has 0 aliphatic heterocycles. The summed E-state index contributed by atoms with van der Waals surface area (Å²) >= 11 is 0. The van der Waals surface area contributed by atoms with Gasteiger partial charge in [-0.15, -0.1) is 0 Å². The minimum atomic E-state index is 0.211.